The minimum Gasteiger partial charge on any atom is -0.481 e. The Kier molecular flexibility index (Phi) is 3.59. The number of urea groups is 1. The van der Waals surface area contributed by atoms with Crippen molar-refractivity contribution in [2.75, 3.05) is 0 Å². The van der Waals surface area contributed by atoms with Crippen LogP contribution in [0.3, 0.4) is 0 Å². The third-order valence-electron chi connectivity index (χ3n) is 2.80. The molecule has 96 valence electrons. The fraction of sp³-hybridized carbons (Fsp3) is 0.700. The zero-order chi connectivity index (χ0) is 13.2. The number of carbonyl (C=O) groups is 3. The van der Waals surface area contributed by atoms with Gasteiger partial charge in [-0.15, -0.1) is 0 Å². The van der Waals surface area contributed by atoms with Gasteiger partial charge in [-0.2, -0.15) is 0 Å². The highest BCUT2D eigenvalue weighted by molar-refractivity contribution is 5.86. The number of carbonyl (C=O) groups excluding carboxylic acids is 1. The Balaban J connectivity index is 2.42. The maximum atomic E-state index is 11.4. The fourth-order valence-corrected chi connectivity index (χ4v) is 1.45. The van der Waals surface area contributed by atoms with Gasteiger partial charge < -0.3 is 20.8 Å². The largest absolute Gasteiger partial charge is 0.481 e. The summed E-state index contributed by atoms with van der Waals surface area (Å²) in [6.07, 6.45) is 0.188. The summed E-state index contributed by atoms with van der Waals surface area (Å²) < 4.78 is 0. The van der Waals surface area contributed by atoms with Gasteiger partial charge in [0.25, 0.3) is 0 Å². The molecule has 2 atom stereocenters. The lowest BCUT2D eigenvalue weighted by Gasteiger charge is -2.13. The van der Waals surface area contributed by atoms with Gasteiger partial charge in [0, 0.05) is 6.04 Å². The molecule has 0 heterocycles. The van der Waals surface area contributed by atoms with Gasteiger partial charge in [-0.25, -0.2) is 9.59 Å². The predicted molar refractivity (Wildman–Crippen MR) is 57.5 cm³/mol. The van der Waals surface area contributed by atoms with E-state index in [0.717, 1.165) is 6.42 Å². The lowest BCUT2D eigenvalue weighted by atomic mass is 10.2. The summed E-state index contributed by atoms with van der Waals surface area (Å²) in [6, 6.07) is -2.04. The van der Waals surface area contributed by atoms with Crippen molar-refractivity contribution in [1.29, 1.82) is 0 Å². The van der Waals surface area contributed by atoms with Crippen molar-refractivity contribution in [1.82, 2.24) is 10.6 Å². The molecule has 1 unspecified atom stereocenters. The van der Waals surface area contributed by atoms with E-state index in [1.54, 1.807) is 0 Å². The SMILES string of the molecule is CC1(C)CC1NC(=O)N[C@H](CC(=O)O)C(=O)O. The summed E-state index contributed by atoms with van der Waals surface area (Å²) >= 11 is 0. The van der Waals surface area contributed by atoms with Crippen LogP contribution in [0.15, 0.2) is 0 Å². The molecule has 0 saturated heterocycles. The standard InChI is InChI=1S/C10H16N2O5/c1-10(2)4-6(10)12-9(17)11-5(8(15)16)3-7(13)14/h5-6H,3-4H2,1-2H3,(H,13,14)(H,15,16)(H2,11,12,17)/t5-,6?/m1/s1. The maximum absolute atomic E-state index is 11.4. The van der Waals surface area contributed by atoms with Gasteiger partial charge in [-0.3, -0.25) is 4.79 Å². The molecule has 0 spiro atoms. The predicted octanol–water partition coefficient (Wildman–Crippen LogP) is 0.0120. The molecular weight excluding hydrogens is 228 g/mol. The number of carboxylic acid groups (broad SMARTS) is 2. The average molecular weight is 244 g/mol. The van der Waals surface area contributed by atoms with Crippen LogP contribution >= 0.6 is 0 Å². The molecular formula is C10H16N2O5. The van der Waals surface area contributed by atoms with Crippen LogP contribution in [0.1, 0.15) is 26.7 Å². The zero-order valence-electron chi connectivity index (χ0n) is 9.69. The quantitative estimate of drug-likeness (QED) is 0.543. The van der Waals surface area contributed by atoms with Gasteiger partial charge in [0.2, 0.25) is 0 Å². The Bertz CT molecular complexity index is 353. The maximum Gasteiger partial charge on any atom is 0.326 e. The van der Waals surface area contributed by atoms with Gasteiger partial charge in [0.15, 0.2) is 0 Å². The molecule has 1 aliphatic carbocycles. The number of rotatable bonds is 5. The van der Waals surface area contributed by atoms with E-state index in [2.05, 4.69) is 10.6 Å². The molecule has 17 heavy (non-hydrogen) atoms. The molecule has 4 N–H and O–H groups in total. The van der Waals surface area contributed by atoms with Crippen molar-refractivity contribution in [3.63, 3.8) is 0 Å². The molecule has 1 rings (SSSR count). The second-order valence-electron chi connectivity index (χ2n) is 4.85. The van der Waals surface area contributed by atoms with Crippen molar-refractivity contribution in [2.24, 2.45) is 5.41 Å². The van der Waals surface area contributed by atoms with Crippen LogP contribution in [0.4, 0.5) is 4.79 Å². The third-order valence-corrected chi connectivity index (χ3v) is 2.80. The van der Waals surface area contributed by atoms with Crippen LogP contribution in [0.2, 0.25) is 0 Å². The van der Waals surface area contributed by atoms with Gasteiger partial charge in [0.05, 0.1) is 6.42 Å². The Morgan fingerprint density at radius 3 is 2.24 bits per heavy atom. The summed E-state index contributed by atoms with van der Waals surface area (Å²) in [5, 5.41) is 21.9. The first-order chi connectivity index (χ1) is 7.72. The van der Waals surface area contributed by atoms with Crippen LogP contribution in [-0.2, 0) is 9.59 Å². The molecule has 0 aromatic rings. The Hall–Kier alpha value is -1.79. The van der Waals surface area contributed by atoms with E-state index in [9.17, 15) is 14.4 Å². The van der Waals surface area contributed by atoms with Crippen molar-refractivity contribution in [3.8, 4) is 0 Å². The number of aliphatic carboxylic acids is 2. The average Bonchev–Trinajstić information content (AvgIpc) is 2.71. The van der Waals surface area contributed by atoms with Crippen molar-refractivity contribution < 1.29 is 24.6 Å². The summed E-state index contributed by atoms with van der Waals surface area (Å²) in [6.45, 7) is 3.95. The second kappa shape index (κ2) is 4.60. The molecule has 1 saturated carbocycles. The monoisotopic (exact) mass is 244 g/mol. The minimum atomic E-state index is -1.41. The Morgan fingerprint density at radius 1 is 1.35 bits per heavy atom. The number of nitrogens with one attached hydrogen (secondary N) is 2. The van der Waals surface area contributed by atoms with Gasteiger partial charge in [-0.05, 0) is 11.8 Å². The molecule has 0 aromatic heterocycles. The second-order valence-corrected chi connectivity index (χ2v) is 4.85. The van der Waals surface area contributed by atoms with E-state index >= 15 is 0 Å². The minimum absolute atomic E-state index is 0.0155. The van der Waals surface area contributed by atoms with Crippen molar-refractivity contribution in [3.05, 3.63) is 0 Å². The number of carboxylic acids is 2. The van der Waals surface area contributed by atoms with E-state index in [4.69, 9.17) is 10.2 Å². The molecule has 1 fully saturated rings. The number of hydrogen-bond donors (Lipinski definition) is 4. The molecule has 7 heteroatoms. The summed E-state index contributed by atoms with van der Waals surface area (Å²) in [4.78, 5) is 32.5. The highest BCUT2D eigenvalue weighted by Crippen LogP contribution is 2.44. The molecule has 0 aliphatic heterocycles. The Morgan fingerprint density at radius 2 is 1.88 bits per heavy atom. The van der Waals surface area contributed by atoms with Crippen molar-refractivity contribution >= 4 is 18.0 Å². The van der Waals surface area contributed by atoms with Gasteiger partial charge >= 0.3 is 18.0 Å². The lowest BCUT2D eigenvalue weighted by molar-refractivity contribution is -0.145. The van der Waals surface area contributed by atoms with E-state index in [-0.39, 0.29) is 11.5 Å². The molecule has 1 aliphatic rings. The van der Waals surface area contributed by atoms with Gasteiger partial charge in [-0.1, -0.05) is 13.8 Å². The lowest BCUT2D eigenvalue weighted by Crippen LogP contribution is -2.48. The molecule has 0 aromatic carbocycles. The highest BCUT2D eigenvalue weighted by Gasteiger charge is 2.46. The number of hydrogen-bond acceptors (Lipinski definition) is 3. The van der Waals surface area contributed by atoms with Crippen LogP contribution in [0.25, 0.3) is 0 Å². The normalized spacial score (nSPS) is 22.4. The topological polar surface area (TPSA) is 116 Å². The molecule has 0 bridgehead atoms. The summed E-state index contributed by atoms with van der Waals surface area (Å²) in [7, 11) is 0. The molecule has 0 radical (unpaired) electrons. The third kappa shape index (κ3) is 3.93. The van der Waals surface area contributed by atoms with E-state index in [0.29, 0.717) is 0 Å². The van der Waals surface area contributed by atoms with Crippen LogP contribution in [0.5, 0.6) is 0 Å². The highest BCUT2D eigenvalue weighted by atomic mass is 16.4. The smallest absolute Gasteiger partial charge is 0.326 e. The van der Waals surface area contributed by atoms with Crippen LogP contribution in [0, 0.1) is 5.41 Å². The summed E-state index contributed by atoms with van der Waals surface area (Å²) in [5.41, 5.74) is 0.0306. The number of amides is 2. The van der Waals surface area contributed by atoms with Crippen LogP contribution in [-0.4, -0.2) is 40.3 Å². The Labute approximate surface area is 98.2 Å². The molecule has 7 nitrogen and oxygen atoms in total. The van der Waals surface area contributed by atoms with E-state index < -0.39 is 30.4 Å². The van der Waals surface area contributed by atoms with E-state index in [1.807, 2.05) is 13.8 Å². The first kappa shape index (κ1) is 13.3. The first-order valence-corrected chi connectivity index (χ1v) is 5.24. The van der Waals surface area contributed by atoms with E-state index in [1.165, 1.54) is 0 Å². The van der Waals surface area contributed by atoms with Gasteiger partial charge in [0.1, 0.15) is 6.04 Å². The fourth-order valence-electron chi connectivity index (χ4n) is 1.45. The molecule has 2 amide bonds. The van der Waals surface area contributed by atoms with Crippen LogP contribution < -0.4 is 10.6 Å². The zero-order valence-corrected chi connectivity index (χ0v) is 9.69. The first-order valence-electron chi connectivity index (χ1n) is 5.24. The van der Waals surface area contributed by atoms with Crippen molar-refractivity contribution in [2.45, 2.75) is 38.8 Å². The summed E-state index contributed by atoms with van der Waals surface area (Å²) in [5.74, 6) is -2.64.